The lowest BCUT2D eigenvalue weighted by Crippen LogP contribution is -2.43. The second kappa shape index (κ2) is 7.49. The highest BCUT2D eigenvalue weighted by molar-refractivity contribution is 6.31. The number of halogens is 1. The van der Waals surface area contributed by atoms with Gasteiger partial charge >= 0.3 is 18.0 Å². The number of hydrogen-bond acceptors (Lipinski definition) is 3. The fourth-order valence-electron chi connectivity index (χ4n) is 1.52. The van der Waals surface area contributed by atoms with Gasteiger partial charge in [-0.05, 0) is 31.0 Å². The van der Waals surface area contributed by atoms with Gasteiger partial charge in [0.1, 0.15) is 6.04 Å². The number of rotatable bonds is 6. The van der Waals surface area contributed by atoms with Crippen LogP contribution in [0.3, 0.4) is 0 Å². The van der Waals surface area contributed by atoms with Crippen LogP contribution in [0.2, 0.25) is 5.02 Å². The first-order valence-corrected chi connectivity index (χ1v) is 6.45. The van der Waals surface area contributed by atoms with Crippen molar-refractivity contribution in [1.29, 1.82) is 0 Å². The Hall–Kier alpha value is -2.28. The lowest BCUT2D eigenvalue weighted by molar-refractivity contribution is -0.140. The van der Waals surface area contributed by atoms with Gasteiger partial charge in [-0.3, -0.25) is 4.79 Å². The molecule has 2 amide bonds. The molecule has 0 fully saturated rings. The van der Waals surface area contributed by atoms with Crippen molar-refractivity contribution >= 4 is 35.3 Å². The maximum atomic E-state index is 11.7. The van der Waals surface area contributed by atoms with E-state index in [2.05, 4.69) is 10.6 Å². The van der Waals surface area contributed by atoms with Crippen LogP contribution in [0.4, 0.5) is 10.5 Å². The first-order valence-electron chi connectivity index (χ1n) is 6.08. The molecule has 1 atom stereocenters. The normalized spacial score (nSPS) is 11.5. The van der Waals surface area contributed by atoms with Crippen LogP contribution in [0.25, 0.3) is 0 Å². The van der Waals surface area contributed by atoms with E-state index in [-0.39, 0.29) is 12.8 Å². The number of urea groups is 1. The van der Waals surface area contributed by atoms with E-state index in [9.17, 15) is 14.4 Å². The zero-order valence-corrected chi connectivity index (χ0v) is 12.0. The van der Waals surface area contributed by atoms with Crippen LogP contribution < -0.4 is 10.6 Å². The molecule has 0 aliphatic carbocycles. The maximum Gasteiger partial charge on any atom is 0.326 e. The molecule has 7 nitrogen and oxygen atoms in total. The van der Waals surface area contributed by atoms with Gasteiger partial charge in [0.2, 0.25) is 0 Å². The molecular formula is C13H15ClN2O5. The number of aliphatic carboxylic acids is 2. The Morgan fingerprint density at radius 2 is 1.95 bits per heavy atom. The molecule has 0 spiro atoms. The minimum absolute atomic E-state index is 0.202. The van der Waals surface area contributed by atoms with Crippen LogP contribution in [0.5, 0.6) is 0 Å². The number of aryl methyl sites for hydroxylation is 1. The number of carbonyl (C=O) groups is 3. The van der Waals surface area contributed by atoms with Gasteiger partial charge in [-0.2, -0.15) is 0 Å². The van der Waals surface area contributed by atoms with E-state index < -0.39 is 24.0 Å². The van der Waals surface area contributed by atoms with Crippen molar-refractivity contribution in [2.75, 3.05) is 5.32 Å². The number of anilines is 1. The fourth-order valence-corrected chi connectivity index (χ4v) is 1.70. The van der Waals surface area contributed by atoms with E-state index in [1.54, 1.807) is 19.1 Å². The summed E-state index contributed by atoms with van der Waals surface area (Å²) in [6.45, 7) is 1.80. The van der Waals surface area contributed by atoms with E-state index in [1.165, 1.54) is 6.07 Å². The fraction of sp³-hybridized carbons (Fsp3) is 0.308. The Morgan fingerprint density at radius 3 is 2.48 bits per heavy atom. The molecule has 1 unspecified atom stereocenters. The molecule has 8 heteroatoms. The summed E-state index contributed by atoms with van der Waals surface area (Å²) in [5.41, 5.74) is 1.25. The first kappa shape index (κ1) is 16.8. The molecule has 1 aromatic carbocycles. The highest BCUT2D eigenvalue weighted by Gasteiger charge is 2.20. The van der Waals surface area contributed by atoms with Crippen molar-refractivity contribution in [2.24, 2.45) is 0 Å². The summed E-state index contributed by atoms with van der Waals surface area (Å²) >= 11 is 5.91. The molecule has 0 saturated heterocycles. The molecule has 21 heavy (non-hydrogen) atoms. The average Bonchev–Trinajstić information content (AvgIpc) is 2.38. The third kappa shape index (κ3) is 5.70. The van der Waals surface area contributed by atoms with Crippen molar-refractivity contribution in [3.63, 3.8) is 0 Å². The van der Waals surface area contributed by atoms with Crippen molar-refractivity contribution in [3.05, 3.63) is 28.8 Å². The highest BCUT2D eigenvalue weighted by atomic mass is 35.5. The van der Waals surface area contributed by atoms with Crippen LogP contribution in [0.15, 0.2) is 18.2 Å². The van der Waals surface area contributed by atoms with E-state index in [0.29, 0.717) is 10.7 Å². The van der Waals surface area contributed by atoms with Gasteiger partial charge in [0.05, 0.1) is 0 Å². The van der Waals surface area contributed by atoms with Gasteiger partial charge < -0.3 is 20.8 Å². The van der Waals surface area contributed by atoms with E-state index in [0.717, 1.165) is 5.56 Å². The molecular weight excluding hydrogens is 300 g/mol. The number of amides is 2. The molecule has 1 aromatic rings. The predicted molar refractivity (Wildman–Crippen MR) is 76.6 cm³/mol. The summed E-state index contributed by atoms with van der Waals surface area (Å²) in [4.78, 5) is 33.1. The number of carboxylic acid groups (broad SMARTS) is 2. The Kier molecular flexibility index (Phi) is 5.98. The molecule has 0 aliphatic rings. The number of carboxylic acids is 2. The molecule has 0 aromatic heterocycles. The minimum atomic E-state index is -1.30. The summed E-state index contributed by atoms with van der Waals surface area (Å²) in [6, 6.07) is 2.84. The zero-order valence-electron chi connectivity index (χ0n) is 11.2. The van der Waals surface area contributed by atoms with Crippen LogP contribution in [-0.4, -0.2) is 34.2 Å². The number of benzene rings is 1. The van der Waals surface area contributed by atoms with Gasteiger partial charge in [-0.15, -0.1) is 0 Å². The average molecular weight is 315 g/mol. The number of hydrogen-bond donors (Lipinski definition) is 4. The monoisotopic (exact) mass is 314 g/mol. The Bertz CT molecular complexity index is 561. The smallest absolute Gasteiger partial charge is 0.326 e. The Morgan fingerprint density at radius 1 is 1.29 bits per heavy atom. The summed E-state index contributed by atoms with van der Waals surface area (Å²) < 4.78 is 0. The van der Waals surface area contributed by atoms with Crippen LogP contribution in [0.1, 0.15) is 18.4 Å². The molecule has 1 rings (SSSR count). The summed E-state index contributed by atoms with van der Waals surface area (Å²) in [6.07, 6.45) is -0.555. The standard InChI is InChI=1S/C13H15ClN2O5/c1-7-2-3-8(6-9(7)14)15-13(21)16-10(12(19)20)4-5-11(17)18/h2-3,6,10H,4-5H2,1H3,(H,17,18)(H,19,20)(H2,15,16,21). The molecule has 0 radical (unpaired) electrons. The van der Waals surface area contributed by atoms with E-state index in [1.807, 2.05) is 0 Å². The van der Waals surface area contributed by atoms with Crippen molar-refractivity contribution in [1.82, 2.24) is 5.32 Å². The molecule has 0 saturated carbocycles. The molecule has 4 N–H and O–H groups in total. The lowest BCUT2D eigenvalue weighted by atomic mass is 10.1. The second-order valence-corrected chi connectivity index (χ2v) is 4.79. The lowest BCUT2D eigenvalue weighted by Gasteiger charge is -2.14. The predicted octanol–water partition coefficient (Wildman–Crippen LogP) is 2.09. The van der Waals surface area contributed by atoms with E-state index in [4.69, 9.17) is 21.8 Å². The third-order valence-electron chi connectivity index (χ3n) is 2.68. The summed E-state index contributed by atoms with van der Waals surface area (Å²) in [5, 5.41) is 22.6. The second-order valence-electron chi connectivity index (χ2n) is 4.39. The quantitative estimate of drug-likeness (QED) is 0.641. The van der Waals surface area contributed by atoms with Crippen molar-refractivity contribution < 1.29 is 24.6 Å². The van der Waals surface area contributed by atoms with Crippen LogP contribution >= 0.6 is 11.6 Å². The summed E-state index contributed by atoms with van der Waals surface area (Å²) in [5.74, 6) is -2.43. The third-order valence-corrected chi connectivity index (χ3v) is 3.09. The highest BCUT2D eigenvalue weighted by Crippen LogP contribution is 2.19. The Balaban J connectivity index is 2.62. The van der Waals surface area contributed by atoms with E-state index >= 15 is 0 Å². The molecule has 114 valence electrons. The zero-order chi connectivity index (χ0) is 16.0. The van der Waals surface area contributed by atoms with Gasteiger partial charge in [0, 0.05) is 17.1 Å². The maximum absolute atomic E-state index is 11.7. The molecule has 0 heterocycles. The van der Waals surface area contributed by atoms with Gasteiger partial charge in [-0.1, -0.05) is 17.7 Å². The number of nitrogens with one attached hydrogen (secondary N) is 2. The van der Waals surface area contributed by atoms with Gasteiger partial charge in [0.15, 0.2) is 0 Å². The first-order chi connectivity index (χ1) is 9.79. The van der Waals surface area contributed by atoms with Crippen molar-refractivity contribution in [2.45, 2.75) is 25.8 Å². The summed E-state index contributed by atoms with van der Waals surface area (Å²) in [7, 11) is 0. The Labute approximate surface area is 125 Å². The minimum Gasteiger partial charge on any atom is -0.481 e. The van der Waals surface area contributed by atoms with Gasteiger partial charge in [0.25, 0.3) is 0 Å². The molecule has 0 bridgehead atoms. The van der Waals surface area contributed by atoms with Gasteiger partial charge in [-0.25, -0.2) is 9.59 Å². The SMILES string of the molecule is Cc1ccc(NC(=O)NC(CCC(=O)O)C(=O)O)cc1Cl. The molecule has 0 aliphatic heterocycles. The topological polar surface area (TPSA) is 116 Å². The number of carbonyl (C=O) groups excluding carboxylic acids is 1. The largest absolute Gasteiger partial charge is 0.481 e. The van der Waals surface area contributed by atoms with Crippen LogP contribution in [0, 0.1) is 6.92 Å². The van der Waals surface area contributed by atoms with Crippen molar-refractivity contribution in [3.8, 4) is 0 Å². The van der Waals surface area contributed by atoms with Crippen LogP contribution in [-0.2, 0) is 9.59 Å².